The van der Waals surface area contributed by atoms with Crippen molar-refractivity contribution in [2.75, 3.05) is 0 Å². The second kappa shape index (κ2) is 6.16. The number of hydrogen-bond donors (Lipinski definition) is 0. The molecule has 8 heteroatoms. The van der Waals surface area contributed by atoms with E-state index < -0.39 is 5.76 Å². The Bertz CT molecular complexity index is 1050. The Morgan fingerprint density at radius 1 is 0.880 bits per heavy atom. The third kappa shape index (κ3) is 3.09. The van der Waals surface area contributed by atoms with Crippen molar-refractivity contribution in [3.05, 3.63) is 76.9 Å². The first kappa shape index (κ1) is 15.0. The van der Waals surface area contributed by atoms with Crippen molar-refractivity contribution in [3.63, 3.8) is 0 Å². The fourth-order valence-corrected chi connectivity index (χ4v) is 2.26. The molecule has 0 bridgehead atoms. The van der Waals surface area contributed by atoms with Gasteiger partial charge >= 0.3 is 5.76 Å². The van der Waals surface area contributed by atoms with E-state index in [1.807, 2.05) is 30.3 Å². The minimum atomic E-state index is -0.668. The zero-order valence-electron chi connectivity index (χ0n) is 12.8. The van der Waals surface area contributed by atoms with Crippen LogP contribution in [0.2, 0.25) is 0 Å². The minimum Gasteiger partial charge on any atom is -0.419 e. The summed E-state index contributed by atoms with van der Waals surface area (Å²) in [6.45, 7) is -0.0244. The first-order valence-corrected chi connectivity index (χ1v) is 7.41. The topological polar surface area (TPSA) is 87.0 Å². The lowest BCUT2D eigenvalue weighted by atomic mass is 10.2. The Balaban J connectivity index is 1.59. The summed E-state index contributed by atoms with van der Waals surface area (Å²) in [5.74, 6) is -0.387. The Morgan fingerprint density at radius 3 is 2.36 bits per heavy atom. The summed E-state index contributed by atoms with van der Waals surface area (Å²) in [6, 6.07) is 14.8. The normalized spacial score (nSPS) is 10.9. The molecule has 0 saturated heterocycles. The van der Waals surface area contributed by atoms with Crippen LogP contribution in [0, 0.1) is 5.82 Å². The lowest BCUT2D eigenvalue weighted by molar-refractivity contribution is 0.444. The maximum absolute atomic E-state index is 13.0. The van der Waals surface area contributed by atoms with Gasteiger partial charge in [0.1, 0.15) is 12.4 Å². The summed E-state index contributed by atoms with van der Waals surface area (Å²) in [6.07, 6.45) is 0. The number of hydrogen-bond acceptors (Lipinski definition) is 6. The second-order valence-electron chi connectivity index (χ2n) is 5.20. The molecule has 0 saturated carbocycles. The van der Waals surface area contributed by atoms with E-state index in [1.165, 1.54) is 24.3 Å². The number of halogens is 1. The highest BCUT2D eigenvalue weighted by Gasteiger charge is 2.14. The third-order valence-corrected chi connectivity index (χ3v) is 3.47. The van der Waals surface area contributed by atoms with Gasteiger partial charge in [-0.25, -0.2) is 9.18 Å². The molecule has 0 spiro atoms. The molecule has 0 radical (unpaired) electrons. The average molecular weight is 338 g/mol. The Kier molecular flexibility index (Phi) is 3.70. The molecular weight excluding hydrogens is 327 g/mol. The molecule has 0 aliphatic heterocycles. The van der Waals surface area contributed by atoms with Crippen LogP contribution in [0.25, 0.3) is 22.9 Å². The van der Waals surface area contributed by atoms with Crippen molar-refractivity contribution in [2.24, 2.45) is 0 Å². The quantitative estimate of drug-likeness (QED) is 0.569. The van der Waals surface area contributed by atoms with Crippen molar-refractivity contribution in [1.29, 1.82) is 0 Å². The van der Waals surface area contributed by atoms with Gasteiger partial charge in [-0.05, 0) is 36.4 Å². The van der Waals surface area contributed by atoms with Crippen LogP contribution in [-0.4, -0.2) is 20.0 Å². The van der Waals surface area contributed by atoms with Crippen LogP contribution in [0.15, 0.2) is 68.2 Å². The Labute approximate surface area is 140 Å². The van der Waals surface area contributed by atoms with E-state index in [9.17, 15) is 9.18 Å². The number of aromatic nitrogens is 4. The molecule has 2 aromatic carbocycles. The van der Waals surface area contributed by atoms with Crippen molar-refractivity contribution in [2.45, 2.75) is 6.54 Å². The van der Waals surface area contributed by atoms with E-state index in [1.54, 1.807) is 0 Å². The fourth-order valence-electron chi connectivity index (χ4n) is 2.26. The van der Waals surface area contributed by atoms with E-state index in [-0.39, 0.29) is 24.1 Å². The molecule has 25 heavy (non-hydrogen) atoms. The molecule has 2 heterocycles. The van der Waals surface area contributed by atoms with Crippen molar-refractivity contribution in [3.8, 4) is 22.9 Å². The van der Waals surface area contributed by atoms with Gasteiger partial charge in [0, 0.05) is 11.1 Å². The summed E-state index contributed by atoms with van der Waals surface area (Å²) in [5.41, 5.74) is 1.27. The van der Waals surface area contributed by atoms with Crippen LogP contribution < -0.4 is 5.76 Å². The summed E-state index contributed by atoms with van der Waals surface area (Å²) in [5, 5.41) is 11.9. The summed E-state index contributed by atoms with van der Waals surface area (Å²) >= 11 is 0. The smallest absolute Gasteiger partial charge is 0.419 e. The highest BCUT2D eigenvalue weighted by Crippen LogP contribution is 2.18. The van der Waals surface area contributed by atoms with Crippen LogP contribution >= 0.6 is 0 Å². The van der Waals surface area contributed by atoms with Crippen LogP contribution in [0.1, 0.15) is 5.89 Å². The molecule has 4 rings (SSSR count). The van der Waals surface area contributed by atoms with Gasteiger partial charge in [-0.3, -0.25) is 0 Å². The molecule has 0 N–H and O–H groups in total. The molecular formula is C17H11FN4O3. The van der Waals surface area contributed by atoms with E-state index in [0.29, 0.717) is 11.5 Å². The van der Waals surface area contributed by atoms with Gasteiger partial charge < -0.3 is 8.83 Å². The van der Waals surface area contributed by atoms with E-state index in [0.717, 1.165) is 10.2 Å². The van der Waals surface area contributed by atoms with Crippen LogP contribution in [-0.2, 0) is 6.54 Å². The van der Waals surface area contributed by atoms with Gasteiger partial charge in [-0.1, -0.05) is 18.2 Å². The van der Waals surface area contributed by atoms with Gasteiger partial charge in [0.15, 0.2) is 0 Å². The van der Waals surface area contributed by atoms with Gasteiger partial charge in [0.05, 0.1) is 0 Å². The zero-order chi connectivity index (χ0) is 17.2. The van der Waals surface area contributed by atoms with Crippen molar-refractivity contribution >= 4 is 0 Å². The highest BCUT2D eigenvalue weighted by molar-refractivity contribution is 5.52. The largest absolute Gasteiger partial charge is 0.437 e. The number of rotatable bonds is 4. The highest BCUT2D eigenvalue weighted by atomic mass is 19.1. The predicted molar refractivity (Wildman–Crippen MR) is 85.0 cm³/mol. The number of nitrogens with zero attached hydrogens (tertiary/aromatic N) is 4. The maximum atomic E-state index is 13.0. The van der Waals surface area contributed by atoms with Gasteiger partial charge in [-0.2, -0.15) is 4.68 Å². The molecule has 0 atom stereocenters. The average Bonchev–Trinajstić information content (AvgIpc) is 3.24. The van der Waals surface area contributed by atoms with Gasteiger partial charge in [-0.15, -0.1) is 15.3 Å². The molecule has 7 nitrogen and oxygen atoms in total. The second-order valence-corrected chi connectivity index (χ2v) is 5.20. The lowest BCUT2D eigenvalue weighted by Crippen LogP contribution is -2.16. The third-order valence-electron chi connectivity index (χ3n) is 3.47. The van der Waals surface area contributed by atoms with Gasteiger partial charge in [0.2, 0.25) is 17.7 Å². The van der Waals surface area contributed by atoms with E-state index in [2.05, 4.69) is 15.3 Å². The molecule has 4 aromatic rings. The number of benzene rings is 2. The predicted octanol–water partition coefficient (Wildman–Crippen LogP) is 2.74. The molecule has 2 aromatic heterocycles. The molecule has 0 fully saturated rings. The van der Waals surface area contributed by atoms with Crippen molar-refractivity contribution < 1.29 is 13.2 Å². The lowest BCUT2D eigenvalue weighted by Gasteiger charge is -1.94. The maximum Gasteiger partial charge on any atom is 0.437 e. The fraction of sp³-hybridized carbons (Fsp3) is 0.0588. The molecule has 0 unspecified atom stereocenters. The molecule has 0 amide bonds. The first-order chi connectivity index (χ1) is 12.2. The van der Waals surface area contributed by atoms with Crippen LogP contribution in [0.4, 0.5) is 4.39 Å². The van der Waals surface area contributed by atoms with Gasteiger partial charge in [0.25, 0.3) is 0 Å². The van der Waals surface area contributed by atoms with Crippen molar-refractivity contribution in [1.82, 2.24) is 20.0 Å². The first-order valence-electron chi connectivity index (χ1n) is 7.41. The summed E-state index contributed by atoms with van der Waals surface area (Å²) in [7, 11) is 0. The monoisotopic (exact) mass is 338 g/mol. The zero-order valence-corrected chi connectivity index (χ0v) is 12.8. The van der Waals surface area contributed by atoms with E-state index >= 15 is 0 Å². The standard InChI is InChI=1S/C17H11FN4O3/c18-13-8-6-12(7-9-13)16-21-22(17(23)25-16)10-14-19-20-15(24-14)11-4-2-1-3-5-11/h1-9H,10H2. The SMILES string of the molecule is O=c1oc(-c2ccc(F)cc2)nn1Cc1nnc(-c2ccccc2)o1. The Hall–Kier alpha value is -3.55. The minimum absolute atomic E-state index is 0.0244. The summed E-state index contributed by atoms with van der Waals surface area (Å²) in [4.78, 5) is 11.9. The molecule has 124 valence electrons. The molecule has 0 aliphatic carbocycles. The summed E-state index contributed by atoms with van der Waals surface area (Å²) < 4.78 is 24.7. The molecule has 0 aliphatic rings. The van der Waals surface area contributed by atoms with Crippen LogP contribution in [0.3, 0.4) is 0 Å². The van der Waals surface area contributed by atoms with Crippen LogP contribution in [0.5, 0.6) is 0 Å². The van der Waals surface area contributed by atoms with E-state index in [4.69, 9.17) is 8.83 Å². The Morgan fingerprint density at radius 2 is 1.60 bits per heavy atom.